The number of halogens is 4. The Morgan fingerprint density at radius 1 is 0.933 bits per heavy atom. The molecule has 1 unspecified atom stereocenters. The van der Waals surface area contributed by atoms with Crippen LogP contribution in [0.2, 0.25) is 0 Å². The zero-order chi connectivity index (χ0) is 21.4. The first-order chi connectivity index (χ1) is 14.5. The second-order valence-electron chi connectivity index (χ2n) is 7.74. The van der Waals surface area contributed by atoms with Crippen LogP contribution in [0.15, 0.2) is 18.2 Å². The van der Waals surface area contributed by atoms with Crippen LogP contribution in [0, 0.1) is 23.3 Å². The Morgan fingerprint density at radius 3 is 2.20 bits per heavy atom. The van der Waals surface area contributed by atoms with Gasteiger partial charge >= 0.3 is 0 Å². The lowest BCUT2D eigenvalue weighted by molar-refractivity contribution is 0.0659. The molecule has 0 N–H and O–H groups in total. The fraction of sp³-hybridized carbons (Fsp3) is 0.417. The molecular formula is C24H24F4O2. The molecule has 0 saturated heterocycles. The first-order valence-corrected chi connectivity index (χ1v) is 10.4. The van der Waals surface area contributed by atoms with E-state index in [1.807, 2.05) is 6.08 Å². The van der Waals surface area contributed by atoms with E-state index in [2.05, 4.69) is 6.92 Å². The molecule has 160 valence electrons. The quantitative estimate of drug-likeness (QED) is 0.523. The molecule has 1 aliphatic carbocycles. The van der Waals surface area contributed by atoms with Crippen molar-refractivity contribution in [1.29, 1.82) is 0 Å². The van der Waals surface area contributed by atoms with E-state index in [0.29, 0.717) is 36.0 Å². The standard InChI is InChI=1S/C24H24F4O2/c1-3-5-16-9-8-15(12-30-16)17-10-13-6-7-14-11-18(29-4-2)22(26)24(28)20(14)19(13)23(27)21(17)25/h8,10-11,16H,3-7,9,12H2,1-2H3. The van der Waals surface area contributed by atoms with Crippen LogP contribution in [0.5, 0.6) is 5.75 Å². The molecule has 2 aliphatic rings. The zero-order valence-electron chi connectivity index (χ0n) is 17.1. The van der Waals surface area contributed by atoms with Gasteiger partial charge in [0.2, 0.25) is 5.82 Å². The van der Waals surface area contributed by atoms with E-state index in [4.69, 9.17) is 9.47 Å². The highest BCUT2D eigenvalue weighted by Crippen LogP contribution is 2.43. The number of hydrogen-bond donors (Lipinski definition) is 0. The highest BCUT2D eigenvalue weighted by Gasteiger charge is 2.31. The predicted octanol–water partition coefficient (Wildman–Crippen LogP) is 6.38. The number of aryl methyl sites for hydroxylation is 2. The van der Waals surface area contributed by atoms with E-state index < -0.39 is 23.3 Å². The summed E-state index contributed by atoms with van der Waals surface area (Å²) in [5.74, 6) is -4.80. The minimum absolute atomic E-state index is 0.0905. The van der Waals surface area contributed by atoms with Crippen molar-refractivity contribution in [1.82, 2.24) is 0 Å². The Morgan fingerprint density at radius 2 is 1.60 bits per heavy atom. The Balaban J connectivity index is 1.79. The third-order valence-electron chi connectivity index (χ3n) is 5.82. The van der Waals surface area contributed by atoms with Crippen molar-refractivity contribution in [2.75, 3.05) is 13.2 Å². The van der Waals surface area contributed by atoms with Crippen LogP contribution < -0.4 is 4.74 Å². The highest BCUT2D eigenvalue weighted by molar-refractivity contribution is 5.79. The highest BCUT2D eigenvalue weighted by atomic mass is 19.2. The second-order valence-corrected chi connectivity index (χ2v) is 7.74. The van der Waals surface area contributed by atoms with Crippen LogP contribution in [-0.4, -0.2) is 19.3 Å². The van der Waals surface area contributed by atoms with Gasteiger partial charge in [-0.1, -0.05) is 19.4 Å². The van der Waals surface area contributed by atoms with Crippen LogP contribution >= 0.6 is 0 Å². The first kappa shape index (κ1) is 20.9. The molecule has 0 radical (unpaired) electrons. The summed E-state index contributed by atoms with van der Waals surface area (Å²) in [6.07, 6.45) is 5.31. The van der Waals surface area contributed by atoms with Crippen molar-refractivity contribution in [2.45, 2.75) is 52.1 Å². The fourth-order valence-electron chi connectivity index (χ4n) is 4.35. The largest absolute Gasteiger partial charge is 0.491 e. The summed E-state index contributed by atoms with van der Waals surface area (Å²) in [6, 6.07) is 2.94. The maximum Gasteiger partial charge on any atom is 0.201 e. The van der Waals surface area contributed by atoms with Crippen LogP contribution in [0.25, 0.3) is 16.7 Å². The summed E-state index contributed by atoms with van der Waals surface area (Å²) in [6.45, 7) is 4.11. The summed E-state index contributed by atoms with van der Waals surface area (Å²) in [5.41, 5.74) is 1.20. The molecule has 2 nitrogen and oxygen atoms in total. The lowest BCUT2D eigenvalue weighted by atomic mass is 9.82. The molecule has 0 spiro atoms. The van der Waals surface area contributed by atoms with Gasteiger partial charge in [0.1, 0.15) is 0 Å². The Hall–Kier alpha value is -2.34. The number of fused-ring (bicyclic) bond motifs is 3. The van der Waals surface area contributed by atoms with Gasteiger partial charge in [0.25, 0.3) is 0 Å². The van der Waals surface area contributed by atoms with Crippen molar-refractivity contribution in [3.63, 3.8) is 0 Å². The molecule has 1 atom stereocenters. The number of rotatable bonds is 5. The lowest BCUT2D eigenvalue weighted by Crippen LogP contribution is -2.19. The molecule has 2 aromatic rings. The maximum atomic E-state index is 15.2. The molecule has 0 saturated carbocycles. The smallest absolute Gasteiger partial charge is 0.201 e. The first-order valence-electron chi connectivity index (χ1n) is 10.4. The van der Waals surface area contributed by atoms with Gasteiger partial charge in [-0.15, -0.1) is 0 Å². The summed E-state index contributed by atoms with van der Waals surface area (Å²) >= 11 is 0. The summed E-state index contributed by atoms with van der Waals surface area (Å²) in [4.78, 5) is 0. The monoisotopic (exact) mass is 420 g/mol. The fourth-order valence-corrected chi connectivity index (χ4v) is 4.35. The van der Waals surface area contributed by atoms with E-state index in [-0.39, 0.29) is 41.8 Å². The van der Waals surface area contributed by atoms with E-state index in [1.165, 1.54) is 6.07 Å². The Kier molecular flexibility index (Phi) is 5.87. The number of benzene rings is 2. The molecule has 0 aromatic heterocycles. The van der Waals surface area contributed by atoms with E-state index in [0.717, 1.165) is 12.8 Å². The minimum Gasteiger partial charge on any atom is -0.491 e. The average Bonchev–Trinajstić information content (AvgIpc) is 2.75. The SMILES string of the molecule is CCCC1CC=C(c2cc3c(c(F)c2F)-c2c(cc(OCC)c(F)c2F)CC3)CO1. The minimum atomic E-state index is -1.20. The maximum absolute atomic E-state index is 15.2. The van der Waals surface area contributed by atoms with Crippen LogP contribution in [0.3, 0.4) is 0 Å². The molecule has 1 aliphatic heterocycles. The molecule has 1 heterocycles. The van der Waals surface area contributed by atoms with E-state index in [9.17, 15) is 8.78 Å². The molecule has 0 fully saturated rings. The van der Waals surface area contributed by atoms with Crippen LogP contribution in [0.4, 0.5) is 17.6 Å². The van der Waals surface area contributed by atoms with Crippen molar-refractivity contribution in [3.05, 3.63) is 58.2 Å². The normalized spacial score (nSPS) is 17.9. The molecule has 0 amide bonds. The molecule has 30 heavy (non-hydrogen) atoms. The zero-order valence-corrected chi connectivity index (χ0v) is 17.1. The second kappa shape index (κ2) is 8.42. The lowest BCUT2D eigenvalue weighted by Gasteiger charge is -2.26. The topological polar surface area (TPSA) is 18.5 Å². The average molecular weight is 420 g/mol. The van der Waals surface area contributed by atoms with Crippen LogP contribution in [0.1, 0.15) is 49.8 Å². The van der Waals surface area contributed by atoms with E-state index >= 15 is 8.78 Å². The van der Waals surface area contributed by atoms with Gasteiger partial charge in [-0.3, -0.25) is 0 Å². The summed E-state index contributed by atoms with van der Waals surface area (Å²) < 4.78 is 70.4. The van der Waals surface area contributed by atoms with Gasteiger partial charge in [-0.2, -0.15) is 4.39 Å². The number of hydrogen-bond acceptors (Lipinski definition) is 2. The molecule has 4 rings (SSSR count). The molecule has 2 aromatic carbocycles. The van der Waals surface area contributed by atoms with Crippen molar-refractivity contribution in [3.8, 4) is 16.9 Å². The van der Waals surface area contributed by atoms with Gasteiger partial charge in [-0.05, 0) is 61.4 Å². The van der Waals surface area contributed by atoms with Gasteiger partial charge < -0.3 is 9.47 Å². The van der Waals surface area contributed by atoms with Crippen molar-refractivity contribution in [2.24, 2.45) is 0 Å². The third kappa shape index (κ3) is 3.51. The molecule has 6 heteroatoms. The predicted molar refractivity (Wildman–Crippen MR) is 108 cm³/mol. The van der Waals surface area contributed by atoms with Crippen molar-refractivity contribution >= 4 is 5.57 Å². The third-order valence-corrected chi connectivity index (χ3v) is 5.82. The van der Waals surface area contributed by atoms with Crippen molar-refractivity contribution < 1.29 is 27.0 Å². The summed E-state index contributed by atoms with van der Waals surface area (Å²) in [5, 5.41) is 0. The van der Waals surface area contributed by atoms with Gasteiger partial charge in [0, 0.05) is 16.7 Å². The van der Waals surface area contributed by atoms with Gasteiger partial charge in [0.05, 0.1) is 19.3 Å². The van der Waals surface area contributed by atoms with Gasteiger partial charge in [-0.25, -0.2) is 13.2 Å². The van der Waals surface area contributed by atoms with E-state index in [1.54, 1.807) is 13.0 Å². The molecular weight excluding hydrogens is 396 g/mol. The van der Waals surface area contributed by atoms with Gasteiger partial charge in [0.15, 0.2) is 23.2 Å². The summed E-state index contributed by atoms with van der Waals surface area (Å²) in [7, 11) is 0. The van der Waals surface area contributed by atoms with Crippen LogP contribution in [-0.2, 0) is 17.6 Å². The Bertz CT molecular complexity index is 1010. The molecule has 0 bridgehead atoms. The Labute approximate surface area is 173 Å². The number of ether oxygens (including phenoxy) is 2.